The predicted molar refractivity (Wildman–Crippen MR) is 55.2 cm³/mol. The number of anilines is 1. The Kier molecular flexibility index (Phi) is 5.62. The molecule has 96 valence electrons. The van der Waals surface area contributed by atoms with Crippen LogP contribution in [0.5, 0.6) is 5.75 Å². The van der Waals surface area contributed by atoms with Crippen molar-refractivity contribution < 1.29 is 60.2 Å². The number of nitrogen functional groups attached to an aromatic ring is 1. The summed E-state index contributed by atoms with van der Waals surface area (Å²) in [4.78, 5) is -1.54. The van der Waals surface area contributed by atoms with Gasteiger partial charge in [0.2, 0.25) is 0 Å². The molecule has 18 heavy (non-hydrogen) atoms. The number of rotatable bonds is 3. The summed E-state index contributed by atoms with van der Waals surface area (Å²) >= 11 is 0. The maximum Gasteiger partial charge on any atom is 1.00 e. The van der Waals surface area contributed by atoms with E-state index in [1.807, 2.05) is 0 Å². The monoisotopic (exact) mass is 305 g/mol. The van der Waals surface area contributed by atoms with E-state index in [-0.39, 0.29) is 29.6 Å². The van der Waals surface area contributed by atoms with Crippen LogP contribution < -0.4 is 40.0 Å². The van der Waals surface area contributed by atoms with E-state index in [0.717, 1.165) is 7.11 Å². The summed E-state index contributed by atoms with van der Waals surface area (Å²) in [6.45, 7) is 0. The van der Waals surface area contributed by atoms with Crippen molar-refractivity contribution in [3.63, 3.8) is 0 Å². The van der Waals surface area contributed by atoms with Crippen LogP contribution >= 0.6 is 0 Å². The Morgan fingerprint density at radius 3 is 2.06 bits per heavy atom. The van der Waals surface area contributed by atoms with Crippen LogP contribution in [-0.4, -0.2) is 33.1 Å². The Labute approximate surface area is 126 Å². The molecule has 0 saturated carbocycles. The van der Waals surface area contributed by atoms with Crippen LogP contribution in [-0.2, 0) is 20.2 Å². The van der Waals surface area contributed by atoms with Crippen LogP contribution in [0.15, 0.2) is 21.9 Å². The van der Waals surface area contributed by atoms with E-state index in [0.29, 0.717) is 12.1 Å². The molecule has 1 aromatic rings. The third-order valence-electron chi connectivity index (χ3n) is 1.84. The summed E-state index contributed by atoms with van der Waals surface area (Å²) in [6, 6.07) is 1.28. The van der Waals surface area contributed by atoms with Gasteiger partial charge in [-0.3, -0.25) is 4.55 Å². The van der Waals surface area contributed by atoms with E-state index in [9.17, 15) is 21.4 Å². The second-order valence-corrected chi connectivity index (χ2v) is 5.71. The fraction of sp³-hybridized carbons (Fsp3) is 0.143. The molecule has 0 radical (unpaired) electrons. The Balaban J connectivity index is 0.00000289. The van der Waals surface area contributed by atoms with Gasteiger partial charge in [-0.2, -0.15) is 8.42 Å². The van der Waals surface area contributed by atoms with E-state index in [1.54, 1.807) is 0 Å². The van der Waals surface area contributed by atoms with Crippen molar-refractivity contribution in [1.82, 2.24) is 0 Å². The predicted octanol–water partition coefficient (Wildman–Crippen LogP) is -3.57. The Hall–Kier alpha value is -0.360. The first-order valence-electron chi connectivity index (χ1n) is 3.98. The quantitative estimate of drug-likeness (QED) is 0.331. The van der Waals surface area contributed by atoms with E-state index >= 15 is 0 Å². The SMILES string of the molecule is COc1cc(S(=O)(=O)[O-])c(N)cc1S(=O)(=O)O.[Na+]. The zero-order chi connectivity index (χ0) is 13.4. The van der Waals surface area contributed by atoms with Gasteiger partial charge in [-0.05, 0) is 6.07 Å². The zero-order valence-corrected chi connectivity index (χ0v) is 13.1. The van der Waals surface area contributed by atoms with Crippen molar-refractivity contribution in [2.24, 2.45) is 0 Å². The number of hydrogen-bond donors (Lipinski definition) is 2. The molecule has 0 aliphatic rings. The summed E-state index contributed by atoms with van der Waals surface area (Å²) in [7, 11) is -8.45. The Bertz CT molecular complexity index is 653. The number of nitrogens with two attached hydrogens (primary N) is 1. The van der Waals surface area contributed by atoms with E-state index < -0.39 is 41.5 Å². The first-order valence-corrected chi connectivity index (χ1v) is 6.83. The molecule has 0 amide bonds. The second kappa shape index (κ2) is 5.74. The first kappa shape index (κ1) is 17.6. The fourth-order valence-corrected chi connectivity index (χ4v) is 2.41. The summed E-state index contributed by atoms with van der Waals surface area (Å²) in [5.74, 6) is -0.490. The smallest absolute Gasteiger partial charge is 0.744 e. The molecule has 8 nitrogen and oxygen atoms in total. The van der Waals surface area contributed by atoms with Gasteiger partial charge in [-0.25, -0.2) is 8.42 Å². The first-order chi connectivity index (χ1) is 7.57. The van der Waals surface area contributed by atoms with Gasteiger partial charge in [-0.15, -0.1) is 0 Å². The molecular formula is C7H8NNaO7S2. The molecule has 0 fully saturated rings. The number of hydrogen-bond acceptors (Lipinski definition) is 7. The van der Waals surface area contributed by atoms with E-state index in [1.165, 1.54) is 0 Å². The van der Waals surface area contributed by atoms with Gasteiger partial charge in [0.15, 0.2) is 0 Å². The number of benzene rings is 1. The summed E-state index contributed by atoms with van der Waals surface area (Å²) in [5.41, 5.74) is 4.63. The molecule has 0 unspecified atom stereocenters. The number of ether oxygens (including phenoxy) is 1. The molecule has 0 saturated heterocycles. The van der Waals surface area contributed by atoms with Crippen LogP contribution in [0.3, 0.4) is 0 Å². The molecule has 0 aromatic heterocycles. The maximum atomic E-state index is 10.9. The molecule has 0 heterocycles. The Morgan fingerprint density at radius 2 is 1.72 bits per heavy atom. The van der Waals surface area contributed by atoms with Crippen molar-refractivity contribution in [2.45, 2.75) is 9.79 Å². The summed E-state index contributed by atoms with van der Waals surface area (Å²) in [6.07, 6.45) is 0. The van der Waals surface area contributed by atoms with Crippen molar-refractivity contribution in [2.75, 3.05) is 12.8 Å². The zero-order valence-electron chi connectivity index (χ0n) is 9.45. The van der Waals surface area contributed by atoms with Gasteiger partial charge in [0.25, 0.3) is 10.1 Å². The third-order valence-corrected chi connectivity index (χ3v) is 3.61. The van der Waals surface area contributed by atoms with Gasteiger partial charge in [0.1, 0.15) is 20.8 Å². The summed E-state index contributed by atoms with van der Waals surface area (Å²) < 4.78 is 67.6. The molecule has 1 aromatic carbocycles. The topological polar surface area (TPSA) is 147 Å². The molecule has 0 aliphatic heterocycles. The van der Waals surface area contributed by atoms with Crippen LogP contribution in [0.25, 0.3) is 0 Å². The molecule has 0 bridgehead atoms. The van der Waals surface area contributed by atoms with Gasteiger partial charge >= 0.3 is 29.6 Å². The molecule has 0 aliphatic carbocycles. The number of methoxy groups -OCH3 is 1. The van der Waals surface area contributed by atoms with Crippen LogP contribution in [0.4, 0.5) is 5.69 Å². The van der Waals surface area contributed by atoms with Gasteiger partial charge in [0.05, 0.1) is 17.7 Å². The van der Waals surface area contributed by atoms with Crippen molar-refractivity contribution in [3.8, 4) is 5.75 Å². The molecular weight excluding hydrogens is 297 g/mol. The standard InChI is InChI=1S/C7H9NO7S2.Na/c1-15-5-3-6(16(9,10)11)4(8)2-7(5)17(12,13)14;/h2-3H,8H2,1H3,(H,9,10,11)(H,12,13,14);/q;+1/p-1. The van der Waals surface area contributed by atoms with Gasteiger partial charge in [0, 0.05) is 6.07 Å². The Morgan fingerprint density at radius 1 is 1.22 bits per heavy atom. The van der Waals surface area contributed by atoms with Crippen LogP contribution in [0, 0.1) is 0 Å². The summed E-state index contributed by atoms with van der Waals surface area (Å²) in [5, 5.41) is 0. The normalized spacial score (nSPS) is 11.7. The minimum Gasteiger partial charge on any atom is -0.744 e. The van der Waals surface area contributed by atoms with Gasteiger partial charge in [-0.1, -0.05) is 0 Å². The average molecular weight is 305 g/mol. The molecule has 0 atom stereocenters. The van der Waals surface area contributed by atoms with Crippen molar-refractivity contribution in [3.05, 3.63) is 12.1 Å². The largest absolute Gasteiger partial charge is 1.00 e. The second-order valence-electron chi connectivity index (χ2n) is 2.97. The third kappa shape index (κ3) is 3.82. The average Bonchev–Trinajstić information content (AvgIpc) is 2.14. The van der Waals surface area contributed by atoms with Crippen molar-refractivity contribution >= 4 is 25.9 Å². The van der Waals surface area contributed by atoms with E-state index in [2.05, 4.69) is 4.74 Å². The molecule has 3 N–H and O–H groups in total. The molecule has 0 spiro atoms. The maximum absolute atomic E-state index is 10.9. The van der Waals surface area contributed by atoms with Crippen molar-refractivity contribution in [1.29, 1.82) is 0 Å². The molecule has 1 rings (SSSR count). The minimum absolute atomic E-state index is 0. The van der Waals surface area contributed by atoms with Gasteiger partial charge < -0.3 is 15.0 Å². The molecule has 11 heteroatoms. The fourth-order valence-electron chi connectivity index (χ4n) is 1.13. The van der Waals surface area contributed by atoms with Crippen LogP contribution in [0.2, 0.25) is 0 Å². The minimum atomic E-state index is -4.86. The van der Waals surface area contributed by atoms with E-state index in [4.69, 9.17) is 10.3 Å². The van der Waals surface area contributed by atoms with Crippen LogP contribution in [0.1, 0.15) is 0 Å².